The van der Waals surface area contributed by atoms with Crippen LogP contribution in [0.15, 0.2) is 77.8 Å². The van der Waals surface area contributed by atoms with E-state index in [9.17, 15) is 4.79 Å². The molecule has 0 saturated carbocycles. The fourth-order valence-electron chi connectivity index (χ4n) is 4.84. The summed E-state index contributed by atoms with van der Waals surface area (Å²) in [5, 5.41) is 4.44. The molecule has 2 aliphatic heterocycles. The average molecular weight is 635 g/mol. The number of hydrogen-bond donors (Lipinski definition) is 0. The molecule has 35 heavy (non-hydrogen) atoms. The third kappa shape index (κ3) is 5.12. The van der Waals surface area contributed by atoms with Crippen molar-refractivity contribution in [3.8, 4) is 0 Å². The van der Waals surface area contributed by atoms with Gasteiger partial charge in [-0.05, 0) is 37.5 Å². The van der Waals surface area contributed by atoms with E-state index in [1.807, 2.05) is 21.9 Å². The van der Waals surface area contributed by atoms with Gasteiger partial charge in [-0.1, -0.05) is 83.9 Å². The Labute approximate surface area is 222 Å². The van der Waals surface area contributed by atoms with Gasteiger partial charge in [-0.2, -0.15) is 0 Å². The largest absolute Gasteiger partial charge is 0.659 e. The molecule has 0 radical (unpaired) electrons. The maximum Gasteiger partial charge on any atom is 0.326 e. The Hall–Kier alpha value is -2.75. The maximum atomic E-state index is 14.1. The molecular formula is C29H31N4OW-. The molecule has 2 heterocycles. The van der Waals surface area contributed by atoms with Crippen molar-refractivity contribution in [2.45, 2.75) is 32.9 Å². The summed E-state index contributed by atoms with van der Waals surface area (Å²) in [6, 6.07) is 24.9. The summed E-state index contributed by atoms with van der Waals surface area (Å²) in [4.78, 5) is 23.3. The van der Waals surface area contributed by atoms with Crippen molar-refractivity contribution in [1.29, 1.82) is 0 Å². The van der Waals surface area contributed by atoms with Crippen LogP contribution in [0.2, 0.25) is 0 Å². The van der Waals surface area contributed by atoms with Gasteiger partial charge in [0, 0.05) is 39.7 Å². The molecule has 0 N–H and O–H groups in total. The Balaban J connectivity index is 0.00000289. The number of aryl methyl sites for hydroxylation is 3. The summed E-state index contributed by atoms with van der Waals surface area (Å²) in [5.74, 6) is 0.752. The second kappa shape index (κ2) is 10.9. The molecule has 2 atom stereocenters. The van der Waals surface area contributed by atoms with Crippen molar-refractivity contribution in [3.05, 3.63) is 111 Å². The molecule has 2 unspecified atom stereocenters. The number of carbonyl (C=O) groups excluding carboxylic acids is 1. The van der Waals surface area contributed by atoms with Crippen molar-refractivity contribution >= 4 is 11.9 Å². The average Bonchev–Trinajstić information content (AvgIpc) is 3.25. The normalized spacial score (nSPS) is 19.8. The van der Waals surface area contributed by atoms with Gasteiger partial charge in [-0.25, -0.2) is 4.79 Å². The van der Waals surface area contributed by atoms with E-state index in [0.717, 1.165) is 28.1 Å². The number of amides is 2. The van der Waals surface area contributed by atoms with Crippen LogP contribution >= 0.6 is 0 Å². The first-order valence-corrected chi connectivity index (χ1v) is 12.0. The van der Waals surface area contributed by atoms with Crippen molar-refractivity contribution in [2.24, 2.45) is 4.99 Å². The first kappa shape index (κ1) is 25.3. The van der Waals surface area contributed by atoms with E-state index in [1.165, 1.54) is 11.1 Å². The summed E-state index contributed by atoms with van der Waals surface area (Å²) in [5.41, 5.74) is 6.74. The predicted molar refractivity (Wildman–Crippen MR) is 137 cm³/mol. The molecule has 3 aromatic carbocycles. The Morgan fingerprint density at radius 1 is 0.829 bits per heavy atom. The van der Waals surface area contributed by atoms with Gasteiger partial charge in [-0.15, -0.1) is 13.1 Å². The molecule has 0 aliphatic carbocycles. The van der Waals surface area contributed by atoms with Gasteiger partial charge in [0.15, 0.2) is 0 Å². The third-order valence-corrected chi connectivity index (χ3v) is 6.82. The van der Waals surface area contributed by atoms with Gasteiger partial charge in [0.25, 0.3) is 0 Å². The second-order valence-electron chi connectivity index (χ2n) is 9.29. The molecule has 2 aliphatic rings. The molecule has 180 valence electrons. The van der Waals surface area contributed by atoms with Crippen LogP contribution in [0.25, 0.3) is 5.32 Å². The Morgan fingerprint density at radius 3 is 2.00 bits per heavy atom. The van der Waals surface area contributed by atoms with E-state index < -0.39 is 0 Å². The molecule has 0 spiro atoms. The standard InChI is InChI=1S/C29H31N4O.W/c1-20-8-12-23(13-9-20)26-27(24-14-10-21(2)11-15-24)33(29(34)32-18-16-30-17-19-32)28(31-26)25-7-5-4-6-22(25)3;/h4-15,26-27H,16-19H2,1-3H3;/q-1;. The number of urea groups is 1. The number of nitrogens with zero attached hydrogens (tertiary/aromatic N) is 4. The van der Waals surface area contributed by atoms with Crippen LogP contribution in [0, 0.1) is 20.8 Å². The molecule has 5 rings (SSSR count). The molecule has 1 fully saturated rings. The van der Waals surface area contributed by atoms with E-state index in [0.29, 0.717) is 26.2 Å². The minimum Gasteiger partial charge on any atom is -0.659 e. The van der Waals surface area contributed by atoms with Gasteiger partial charge < -0.3 is 10.2 Å². The summed E-state index contributed by atoms with van der Waals surface area (Å²) < 4.78 is 0. The van der Waals surface area contributed by atoms with Gasteiger partial charge in [0.1, 0.15) is 11.9 Å². The molecule has 5 nitrogen and oxygen atoms in total. The molecule has 2 amide bonds. The number of hydrogen-bond acceptors (Lipinski definition) is 2. The van der Waals surface area contributed by atoms with Crippen molar-refractivity contribution in [1.82, 2.24) is 9.80 Å². The smallest absolute Gasteiger partial charge is 0.326 e. The number of amidine groups is 1. The topological polar surface area (TPSA) is 50.0 Å². The molecule has 1 saturated heterocycles. The molecule has 0 bridgehead atoms. The van der Waals surface area contributed by atoms with E-state index in [-0.39, 0.29) is 39.2 Å². The van der Waals surface area contributed by atoms with Crippen LogP contribution in [-0.4, -0.2) is 47.8 Å². The van der Waals surface area contributed by atoms with Crippen molar-refractivity contribution < 1.29 is 25.9 Å². The fourth-order valence-corrected chi connectivity index (χ4v) is 4.84. The molecule has 0 aromatic heterocycles. The van der Waals surface area contributed by atoms with Crippen LogP contribution in [-0.2, 0) is 21.1 Å². The quantitative estimate of drug-likeness (QED) is 0.351. The van der Waals surface area contributed by atoms with Gasteiger partial charge in [0.05, 0.1) is 6.04 Å². The summed E-state index contributed by atoms with van der Waals surface area (Å²) in [6.45, 7) is 8.93. The Bertz CT molecular complexity index is 1200. The zero-order chi connectivity index (χ0) is 23.7. The molecule has 3 aromatic rings. The zero-order valence-electron chi connectivity index (χ0n) is 20.5. The summed E-state index contributed by atoms with van der Waals surface area (Å²) in [6.07, 6.45) is 0. The fraction of sp³-hybridized carbons (Fsp3) is 0.310. The number of carbonyl (C=O) groups is 1. The van der Waals surface area contributed by atoms with Crippen LogP contribution < -0.4 is 0 Å². The van der Waals surface area contributed by atoms with Crippen molar-refractivity contribution in [2.75, 3.05) is 26.2 Å². The van der Waals surface area contributed by atoms with Crippen LogP contribution in [0.5, 0.6) is 0 Å². The third-order valence-electron chi connectivity index (χ3n) is 6.82. The van der Waals surface area contributed by atoms with Gasteiger partial charge >= 0.3 is 6.03 Å². The van der Waals surface area contributed by atoms with Crippen LogP contribution in [0.3, 0.4) is 0 Å². The number of aliphatic imine (C=N–C) groups is 1. The Morgan fingerprint density at radius 2 is 1.40 bits per heavy atom. The first-order valence-electron chi connectivity index (χ1n) is 12.0. The van der Waals surface area contributed by atoms with E-state index in [2.05, 4.69) is 86.8 Å². The van der Waals surface area contributed by atoms with Gasteiger partial charge in [-0.3, -0.25) is 9.89 Å². The first-order chi connectivity index (χ1) is 16.5. The van der Waals surface area contributed by atoms with E-state index in [1.54, 1.807) is 0 Å². The summed E-state index contributed by atoms with van der Waals surface area (Å²) in [7, 11) is 0. The number of piperazine rings is 1. The molecular weight excluding hydrogens is 604 g/mol. The van der Waals surface area contributed by atoms with Crippen LogP contribution in [0.1, 0.15) is 45.5 Å². The van der Waals surface area contributed by atoms with E-state index >= 15 is 0 Å². The van der Waals surface area contributed by atoms with Crippen molar-refractivity contribution in [3.63, 3.8) is 0 Å². The maximum absolute atomic E-state index is 14.1. The SMILES string of the molecule is Cc1ccc(C2N=C(c3ccccc3C)N(C(=O)N3CC[N-]CC3)C2c2ccc(C)cc2)cc1.[W]. The predicted octanol–water partition coefficient (Wildman–Crippen LogP) is 5.96. The molecule has 6 heteroatoms. The minimum atomic E-state index is -0.218. The van der Waals surface area contributed by atoms with Crippen LogP contribution in [0.4, 0.5) is 4.79 Å². The van der Waals surface area contributed by atoms with Gasteiger partial charge in [0.2, 0.25) is 0 Å². The summed E-state index contributed by atoms with van der Waals surface area (Å²) >= 11 is 0. The second-order valence-corrected chi connectivity index (χ2v) is 9.29. The zero-order valence-corrected chi connectivity index (χ0v) is 23.5. The number of benzene rings is 3. The minimum absolute atomic E-state index is 0. The van der Waals surface area contributed by atoms with E-state index in [4.69, 9.17) is 4.99 Å². The monoisotopic (exact) mass is 635 g/mol. The number of rotatable bonds is 3. The Kier molecular flexibility index (Phi) is 7.88.